The zero-order valence-corrected chi connectivity index (χ0v) is 21.8. The highest BCUT2D eigenvalue weighted by atomic mass is 35.5. The topological polar surface area (TPSA) is 132 Å². The molecule has 1 aromatic carbocycles. The molecular formula is C24H29ClN8O4. The minimum Gasteiger partial charge on any atom is -0.444 e. The van der Waals surface area contributed by atoms with Crippen molar-refractivity contribution in [2.45, 2.75) is 45.3 Å². The lowest BCUT2D eigenvalue weighted by molar-refractivity contribution is -0.384. The molecule has 1 fully saturated rings. The van der Waals surface area contributed by atoms with Gasteiger partial charge in [0.2, 0.25) is 5.95 Å². The van der Waals surface area contributed by atoms with Crippen molar-refractivity contribution in [2.24, 2.45) is 0 Å². The van der Waals surface area contributed by atoms with E-state index in [-0.39, 0.29) is 22.8 Å². The number of halogens is 1. The average molecular weight is 529 g/mol. The molecule has 2 aromatic heterocycles. The van der Waals surface area contributed by atoms with E-state index < -0.39 is 10.5 Å². The number of nitrogens with one attached hydrogen (secondary N) is 1. The van der Waals surface area contributed by atoms with Crippen molar-refractivity contribution in [1.82, 2.24) is 24.6 Å². The van der Waals surface area contributed by atoms with Gasteiger partial charge in [-0.3, -0.25) is 14.8 Å². The lowest BCUT2D eigenvalue weighted by Gasteiger charge is -2.33. The summed E-state index contributed by atoms with van der Waals surface area (Å²) in [6.07, 6.45) is 6.35. The molecule has 1 amide bonds. The van der Waals surface area contributed by atoms with Crippen LogP contribution in [-0.4, -0.2) is 61.4 Å². The summed E-state index contributed by atoms with van der Waals surface area (Å²) >= 11 is 6.28. The number of nitro groups is 1. The van der Waals surface area contributed by atoms with Crippen LogP contribution >= 0.6 is 11.6 Å². The summed E-state index contributed by atoms with van der Waals surface area (Å²) in [5, 5.41) is 18.9. The van der Waals surface area contributed by atoms with E-state index in [1.54, 1.807) is 28.1 Å². The van der Waals surface area contributed by atoms with E-state index >= 15 is 0 Å². The maximum atomic E-state index is 12.3. The van der Waals surface area contributed by atoms with Gasteiger partial charge in [0.05, 0.1) is 29.0 Å². The molecular weight excluding hydrogens is 500 g/mol. The largest absolute Gasteiger partial charge is 0.444 e. The van der Waals surface area contributed by atoms with Gasteiger partial charge in [-0.1, -0.05) is 17.7 Å². The third-order valence-electron chi connectivity index (χ3n) is 5.82. The minimum atomic E-state index is -0.520. The molecule has 0 unspecified atom stereocenters. The van der Waals surface area contributed by atoms with E-state index in [0.29, 0.717) is 30.5 Å². The Morgan fingerprint density at radius 3 is 2.68 bits per heavy atom. The Bertz CT molecular complexity index is 1280. The molecule has 1 N–H and O–H groups in total. The lowest BCUT2D eigenvalue weighted by atomic mass is 10.1. The van der Waals surface area contributed by atoms with E-state index in [1.165, 1.54) is 18.3 Å². The number of carbonyl (C=O) groups excluding carboxylic acids is 1. The van der Waals surface area contributed by atoms with E-state index in [1.807, 2.05) is 38.7 Å². The number of non-ortho nitro benzene ring substituents is 1. The van der Waals surface area contributed by atoms with E-state index in [4.69, 9.17) is 16.3 Å². The van der Waals surface area contributed by atoms with Gasteiger partial charge in [0.25, 0.3) is 5.69 Å². The van der Waals surface area contributed by atoms with Gasteiger partial charge >= 0.3 is 6.09 Å². The second-order valence-electron chi connectivity index (χ2n) is 9.74. The summed E-state index contributed by atoms with van der Waals surface area (Å²) in [5.74, 6) is 0.692. The number of nitro benzene ring substituents is 1. The smallest absolute Gasteiger partial charge is 0.410 e. The van der Waals surface area contributed by atoms with E-state index in [0.717, 1.165) is 18.5 Å². The Kier molecular flexibility index (Phi) is 7.48. The zero-order chi connectivity index (χ0) is 26.7. The molecule has 1 saturated heterocycles. The predicted octanol–water partition coefficient (Wildman–Crippen LogP) is 5.32. The highest BCUT2D eigenvalue weighted by molar-refractivity contribution is 6.32. The van der Waals surface area contributed by atoms with Crippen LogP contribution in [0, 0.1) is 10.1 Å². The van der Waals surface area contributed by atoms with Crippen LogP contribution < -0.4 is 10.2 Å². The molecule has 4 rings (SSSR count). The lowest BCUT2D eigenvalue weighted by Crippen LogP contribution is -2.42. The number of anilines is 4. The first kappa shape index (κ1) is 26.1. The van der Waals surface area contributed by atoms with Crippen LogP contribution in [0.5, 0.6) is 0 Å². The molecule has 1 aliphatic rings. The number of nitrogens with zero attached hydrogens (tertiary/aromatic N) is 7. The van der Waals surface area contributed by atoms with Gasteiger partial charge in [-0.2, -0.15) is 10.1 Å². The molecule has 12 nitrogen and oxygen atoms in total. The predicted molar refractivity (Wildman–Crippen MR) is 140 cm³/mol. The van der Waals surface area contributed by atoms with Crippen LogP contribution in [0.3, 0.4) is 0 Å². The SMILES string of the molecule is CN(c1cnn(C2CCN(C(=O)OC(C)(C)C)CC2)c1)c1ncc(Cl)c(Nc2cccc([N+](=O)[O-])c2)n1. The molecule has 196 valence electrons. The van der Waals surface area contributed by atoms with Gasteiger partial charge in [-0.25, -0.2) is 9.78 Å². The zero-order valence-electron chi connectivity index (χ0n) is 21.1. The molecule has 0 spiro atoms. The van der Waals surface area contributed by atoms with Crippen LogP contribution in [-0.2, 0) is 4.74 Å². The van der Waals surface area contributed by atoms with Crippen molar-refractivity contribution >= 4 is 46.5 Å². The van der Waals surface area contributed by atoms with Gasteiger partial charge in [0, 0.05) is 44.2 Å². The second-order valence-corrected chi connectivity index (χ2v) is 10.1. The number of ether oxygens (including phenoxy) is 1. The molecule has 3 aromatic rings. The quantitative estimate of drug-likeness (QED) is 0.333. The van der Waals surface area contributed by atoms with E-state index in [9.17, 15) is 14.9 Å². The number of carbonyl (C=O) groups is 1. The highest BCUT2D eigenvalue weighted by Gasteiger charge is 2.28. The Labute approximate surface area is 219 Å². The molecule has 1 aliphatic heterocycles. The normalized spacial score (nSPS) is 14.4. The van der Waals surface area contributed by atoms with Crippen molar-refractivity contribution in [1.29, 1.82) is 0 Å². The second kappa shape index (κ2) is 10.6. The van der Waals surface area contributed by atoms with Gasteiger partial charge in [-0.05, 0) is 39.7 Å². The molecule has 3 heterocycles. The first-order chi connectivity index (χ1) is 17.5. The number of hydrogen-bond acceptors (Lipinski definition) is 9. The third-order valence-corrected chi connectivity index (χ3v) is 6.09. The van der Waals surface area contributed by atoms with Gasteiger partial charge in [-0.15, -0.1) is 0 Å². The van der Waals surface area contributed by atoms with Crippen LogP contribution in [0.1, 0.15) is 39.7 Å². The van der Waals surface area contributed by atoms with Crippen molar-refractivity contribution in [3.63, 3.8) is 0 Å². The van der Waals surface area contributed by atoms with E-state index in [2.05, 4.69) is 20.4 Å². The third kappa shape index (κ3) is 6.45. The number of benzene rings is 1. The molecule has 0 radical (unpaired) electrons. The summed E-state index contributed by atoms with van der Waals surface area (Å²) in [4.78, 5) is 35.3. The standard InChI is InChI=1S/C24H29ClN8O4/c1-24(2,3)37-23(34)31-10-8-17(9-11-31)32-15-19(13-27-32)30(4)22-26-14-20(25)21(29-22)28-16-6-5-7-18(12-16)33(35)36/h5-7,12-15,17H,8-11H2,1-4H3,(H,26,28,29). The van der Waals surface area contributed by atoms with Crippen LogP contribution in [0.2, 0.25) is 5.02 Å². The first-order valence-electron chi connectivity index (χ1n) is 11.8. The molecule has 0 saturated carbocycles. The average Bonchev–Trinajstić information content (AvgIpc) is 3.34. The molecule has 0 bridgehead atoms. The van der Waals surface area contributed by atoms with Crippen molar-refractivity contribution in [3.8, 4) is 0 Å². The van der Waals surface area contributed by atoms with Gasteiger partial charge < -0.3 is 19.9 Å². The van der Waals surface area contributed by atoms with Gasteiger partial charge in [0.15, 0.2) is 5.82 Å². The van der Waals surface area contributed by atoms with Crippen LogP contribution in [0.25, 0.3) is 0 Å². The number of amides is 1. The highest BCUT2D eigenvalue weighted by Crippen LogP contribution is 2.30. The Morgan fingerprint density at radius 1 is 1.27 bits per heavy atom. The summed E-state index contributed by atoms with van der Waals surface area (Å²) in [6.45, 7) is 6.76. The maximum Gasteiger partial charge on any atom is 0.410 e. The van der Waals surface area contributed by atoms with Gasteiger partial charge in [0.1, 0.15) is 10.6 Å². The summed E-state index contributed by atoms with van der Waals surface area (Å²) < 4.78 is 7.37. The van der Waals surface area contributed by atoms with Crippen LogP contribution in [0.4, 0.5) is 33.6 Å². The number of piperidine rings is 1. The minimum absolute atomic E-state index is 0.0446. The summed E-state index contributed by atoms with van der Waals surface area (Å²) in [6, 6.07) is 6.23. The maximum absolute atomic E-state index is 12.3. The summed E-state index contributed by atoms with van der Waals surface area (Å²) in [5.41, 5.74) is 0.692. The van der Waals surface area contributed by atoms with Crippen molar-refractivity contribution < 1.29 is 14.5 Å². The number of hydrogen-bond donors (Lipinski definition) is 1. The monoisotopic (exact) mass is 528 g/mol. The van der Waals surface area contributed by atoms with Crippen molar-refractivity contribution in [2.75, 3.05) is 30.4 Å². The summed E-state index contributed by atoms with van der Waals surface area (Å²) in [7, 11) is 1.81. The first-order valence-corrected chi connectivity index (χ1v) is 12.2. The Hall–Kier alpha value is -3.93. The molecule has 0 aliphatic carbocycles. The number of likely N-dealkylation sites (tertiary alicyclic amines) is 1. The Morgan fingerprint density at radius 2 is 2.00 bits per heavy atom. The fourth-order valence-electron chi connectivity index (χ4n) is 3.90. The molecule has 37 heavy (non-hydrogen) atoms. The van der Waals surface area contributed by atoms with Crippen molar-refractivity contribution in [3.05, 3.63) is 58.0 Å². The number of rotatable bonds is 6. The molecule has 13 heteroatoms. The molecule has 0 atom stereocenters. The number of aromatic nitrogens is 4. The van der Waals surface area contributed by atoms with Crippen LogP contribution in [0.15, 0.2) is 42.9 Å². The fraction of sp³-hybridized carbons (Fsp3) is 0.417. The fourth-order valence-corrected chi connectivity index (χ4v) is 4.04. The Balaban J connectivity index is 1.42.